The molecule has 2 heterocycles. The predicted octanol–water partition coefficient (Wildman–Crippen LogP) is 2.94. The predicted molar refractivity (Wildman–Crippen MR) is 115 cm³/mol. The van der Waals surface area contributed by atoms with E-state index in [1.165, 1.54) is 5.56 Å². The number of carbonyl (C=O) groups excluding carboxylic acids is 2. The second kappa shape index (κ2) is 8.61. The van der Waals surface area contributed by atoms with Gasteiger partial charge in [-0.1, -0.05) is 12.1 Å². The van der Waals surface area contributed by atoms with E-state index in [9.17, 15) is 9.59 Å². The fourth-order valence-corrected chi connectivity index (χ4v) is 3.85. The van der Waals surface area contributed by atoms with E-state index in [0.29, 0.717) is 37.5 Å². The summed E-state index contributed by atoms with van der Waals surface area (Å²) < 4.78 is 10.8. The van der Waals surface area contributed by atoms with Crippen molar-refractivity contribution in [2.24, 2.45) is 0 Å². The van der Waals surface area contributed by atoms with Crippen molar-refractivity contribution in [3.8, 4) is 11.5 Å². The second-order valence-corrected chi connectivity index (χ2v) is 7.60. The van der Waals surface area contributed by atoms with Crippen LogP contribution in [-0.2, 0) is 11.2 Å². The molecule has 0 saturated carbocycles. The summed E-state index contributed by atoms with van der Waals surface area (Å²) in [6.45, 7) is 4.75. The van der Waals surface area contributed by atoms with Crippen molar-refractivity contribution in [2.45, 2.75) is 13.3 Å². The number of amides is 2. The van der Waals surface area contributed by atoms with E-state index < -0.39 is 0 Å². The van der Waals surface area contributed by atoms with Gasteiger partial charge in [0.1, 0.15) is 11.5 Å². The lowest BCUT2D eigenvalue weighted by molar-refractivity contribution is -0.127. The van der Waals surface area contributed by atoms with Crippen molar-refractivity contribution in [3.05, 3.63) is 64.7 Å². The smallest absolute Gasteiger partial charge is 0.254 e. The van der Waals surface area contributed by atoms with Gasteiger partial charge in [0, 0.05) is 44.2 Å². The minimum Gasteiger partial charge on any atom is -0.496 e. The summed E-state index contributed by atoms with van der Waals surface area (Å²) >= 11 is 0. The molecule has 0 radical (unpaired) electrons. The van der Waals surface area contributed by atoms with Gasteiger partial charge in [0.05, 0.1) is 13.7 Å². The van der Waals surface area contributed by atoms with Crippen molar-refractivity contribution in [3.63, 3.8) is 0 Å². The van der Waals surface area contributed by atoms with Gasteiger partial charge in [-0.15, -0.1) is 0 Å². The Kier molecular flexibility index (Phi) is 5.74. The van der Waals surface area contributed by atoms with Crippen LogP contribution in [0.3, 0.4) is 0 Å². The van der Waals surface area contributed by atoms with E-state index in [-0.39, 0.29) is 11.8 Å². The zero-order valence-electron chi connectivity index (χ0n) is 17.4. The molecule has 30 heavy (non-hydrogen) atoms. The summed E-state index contributed by atoms with van der Waals surface area (Å²) in [5.74, 6) is 1.58. The van der Waals surface area contributed by atoms with Gasteiger partial charge in [0.15, 0.2) is 0 Å². The Labute approximate surface area is 176 Å². The molecule has 2 aliphatic rings. The number of aryl methyl sites for hydroxylation is 1. The minimum atomic E-state index is -0.0316. The number of fused-ring (bicyclic) bond motifs is 1. The third-order valence-electron chi connectivity index (χ3n) is 5.67. The fourth-order valence-electron chi connectivity index (χ4n) is 3.85. The number of carbonyl (C=O) groups is 2. The highest BCUT2D eigenvalue weighted by Crippen LogP contribution is 2.26. The fraction of sp³-hybridized carbons (Fsp3) is 0.333. The Hall–Kier alpha value is -3.28. The van der Waals surface area contributed by atoms with E-state index in [4.69, 9.17) is 9.47 Å². The molecule has 0 atom stereocenters. The lowest BCUT2D eigenvalue weighted by Gasteiger charge is -2.34. The first-order chi connectivity index (χ1) is 14.5. The molecule has 0 bridgehead atoms. The number of rotatable bonds is 4. The molecular formula is C24H26N2O4. The quantitative estimate of drug-likeness (QED) is 0.733. The number of hydrogen-bond donors (Lipinski definition) is 0. The molecule has 6 nitrogen and oxygen atoms in total. The Morgan fingerprint density at radius 3 is 2.57 bits per heavy atom. The largest absolute Gasteiger partial charge is 0.496 e. The number of ether oxygens (including phenoxy) is 2. The third-order valence-corrected chi connectivity index (χ3v) is 5.67. The van der Waals surface area contributed by atoms with Crippen molar-refractivity contribution >= 4 is 17.9 Å². The number of hydrogen-bond acceptors (Lipinski definition) is 4. The maximum atomic E-state index is 12.8. The van der Waals surface area contributed by atoms with E-state index in [1.54, 1.807) is 29.1 Å². The Bertz CT molecular complexity index is 991. The van der Waals surface area contributed by atoms with Gasteiger partial charge < -0.3 is 19.3 Å². The highest BCUT2D eigenvalue weighted by atomic mass is 16.5. The lowest BCUT2D eigenvalue weighted by atomic mass is 10.1. The molecule has 1 saturated heterocycles. The first kappa shape index (κ1) is 20.0. The van der Waals surface area contributed by atoms with Crippen molar-refractivity contribution in [1.82, 2.24) is 9.80 Å². The minimum absolute atomic E-state index is 0.0312. The highest BCUT2D eigenvalue weighted by molar-refractivity contribution is 5.95. The molecule has 1 fully saturated rings. The van der Waals surface area contributed by atoms with Crippen LogP contribution in [0.4, 0.5) is 0 Å². The SMILES string of the molecule is COc1cc(C(=O)N2CCN(C(=O)/C=C/c3ccc4c(c3)CCO4)CC2)ccc1C. The van der Waals surface area contributed by atoms with Gasteiger partial charge in [-0.3, -0.25) is 9.59 Å². The van der Waals surface area contributed by atoms with Crippen LogP contribution in [0.15, 0.2) is 42.5 Å². The molecule has 0 spiro atoms. The molecule has 2 aromatic carbocycles. The van der Waals surface area contributed by atoms with Gasteiger partial charge in [0.2, 0.25) is 5.91 Å². The number of methoxy groups -OCH3 is 1. The summed E-state index contributed by atoms with van der Waals surface area (Å²) in [6, 6.07) is 11.5. The third kappa shape index (κ3) is 4.17. The van der Waals surface area contributed by atoms with E-state index >= 15 is 0 Å². The molecule has 2 amide bonds. The molecule has 2 aromatic rings. The summed E-state index contributed by atoms with van der Waals surface area (Å²) in [4.78, 5) is 28.9. The van der Waals surface area contributed by atoms with Crippen LogP contribution in [0.1, 0.15) is 27.0 Å². The summed E-state index contributed by atoms with van der Waals surface area (Å²) in [5.41, 5.74) is 3.78. The monoisotopic (exact) mass is 406 g/mol. The molecule has 2 aliphatic heterocycles. The molecule has 156 valence electrons. The zero-order chi connectivity index (χ0) is 21.1. The van der Waals surface area contributed by atoms with Gasteiger partial charge in [0.25, 0.3) is 5.91 Å². The summed E-state index contributed by atoms with van der Waals surface area (Å²) in [5, 5.41) is 0. The average Bonchev–Trinajstić information content (AvgIpc) is 3.25. The van der Waals surface area contributed by atoms with Gasteiger partial charge in [-0.2, -0.15) is 0 Å². The number of benzene rings is 2. The number of piperazine rings is 1. The Morgan fingerprint density at radius 2 is 1.80 bits per heavy atom. The van der Waals surface area contributed by atoms with Gasteiger partial charge in [-0.05, 0) is 54.0 Å². The van der Waals surface area contributed by atoms with Crippen LogP contribution in [-0.4, -0.2) is 61.5 Å². The summed E-state index contributed by atoms with van der Waals surface area (Å²) in [6.07, 6.45) is 4.37. The number of nitrogens with zero attached hydrogens (tertiary/aromatic N) is 2. The van der Waals surface area contributed by atoms with Crippen LogP contribution in [0.5, 0.6) is 11.5 Å². The van der Waals surface area contributed by atoms with Crippen LogP contribution < -0.4 is 9.47 Å². The van der Waals surface area contributed by atoms with E-state index in [2.05, 4.69) is 6.07 Å². The van der Waals surface area contributed by atoms with Crippen LogP contribution >= 0.6 is 0 Å². The standard InChI is InChI=1S/C24H26N2O4/c1-17-3-6-20(16-22(17)29-2)24(28)26-12-10-25(11-13-26)23(27)8-5-18-4-7-21-19(15-18)9-14-30-21/h3-8,15-16H,9-14H2,1-2H3/b8-5+. The molecule has 0 aromatic heterocycles. The van der Waals surface area contributed by atoms with Crippen LogP contribution in [0.2, 0.25) is 0 Å². The highest BCUT2D eigenvalue weighted by Gasteiger charge is 2.24. The molecule has 0 N–H and O–H groups in total. The van der Waals surface area contributed by atoms with Crippen molar-refractivity contribution in [2.75, 3.05) is 39.9 Å². The molecule has 0 aliphatic carbocycles. The van der Waals surface area contributed by atoms with E-state index in [1.807, 2.05) is 37.3 Å². The molecule has 0 unspecified atom stereocenters. The zero-order valence-corrected chi connectivity index (χ0v) is 17.4. The summed E-state index contributed by atoms with van der Waals surface area (Å²) in [7, 11) is 1.60. The maximum Gasteiger partial charge on any atom is 0.254 e. The normalized spacial score (nSPS) is 15.8. The van der Waals surface area contributed by atoms with Crippen molar-refractivity contribution < 1.29 is 19.1 Å². The molecule has 4 rings (SSSR count). The van der Waals surface area contributed by atoms with Crippen molar-refractivity contribution in [1.29, 1.82) is 0 Å². The van der Waals surface area contributed by atoms with Crippen LogP contribution in [0, 0.1) is 6.92 Å². The first-order valence-electron chi connectivity index (χ1n) is 10.2. The average molecular weight is 406 g/mol. The Morgan fingerprint density at radius 1 is 1.03 bits per heavy atom. The van der Waals surface area contributed by atoms with Gasteiger partial charge >= 0.3 is 0 Å². The second-order valence-electron chi connectivity index (χ2n) is 7.60. The molecular weight excluding hydrogens is 380 g/mol. The maximum absolute atomic E-state index is 12.8. The topological polar surface area (TPSA) is 59.1 Å². The van der Waals surface area contributed by atoms with Crippen LogP contribution in [0.25, 0.3) is 6.08 Å². The molecule has 6 heteroatoms. The van der Waals surface area contributed by atoms with E-state index in [0.717, 1.165) is 29.9 Å². The Balaban J connectivity index is 1.33. The van der Waals surface area contributed by atoms with Gasteiger partial charge in [-0.25, -0.2) is 0 Å². The lowest BCUT2D eigenvalue weighted by Crippen LogP contribution is -2.50. The first-order valence-corrected chi connectivity index (χ1v) is 10.2.